The standard InChI is InChI=1S/C7H13N3O3.C2H6.H2/c1-8-6(11)9-2-4-10(5-3-9)7(12)13;1-2;/h2-5H2,1H3,(H,8,11)(H,12,13);1-2H3;1H. The van der Waals surface area contributed by atoms with Crippen LogP contribution in [-0.2, 0) is 0 Å². The molecule has 6 nitrogen and oxygen atoms in total. The fourth-order valence-electron chi connectivity index (χ4n) is 1.26. The number of rotatable bonds is 0. The highest BCUT2D eigenvalue weighted by atomic mass is 16.4. The number of carbonyl (C=O) groups excluding carboxylic acids is 1. The van der Waals surface area contributed by atoms with Crippen molar-refractivity contribution < 1.29 is 16.1 Å². The Morgan fingerprint density at radius 2 is 1.53 bits per heavy atom. The molecule has 1 fully saturated rings. The maximum atomic E-state index is 11.1. The average molecular weight is 219 g/mol. The Morgan fingerprint density at radius 3 is 1.87 bits per heavy atom. The third-order valence-electron chi connectivity index (χ3n) is 2.05. The van der Waals surface area contributed by atoms with Gasteiger partial charge >= 0.3 is 12.1 Å². The molecule has 1 aliphatic rings. The fourth-order valence-corrected chi connectivity index (χ4v) is 1.26. The zero-order chi connectivity index (χ0) is 11.8. The first-order valence-electron chi connectivity index (χ1n) is 5.09. The minimum Gasteiger partial charge on any atom is -0.465 e. The quantitative estimate of drug-likeness (QED) is 0.635. The summed E-state index contributed by atoms with van der Waals surface area (Å²) in [6, 6.07) is -0.148. The van der Waals surface area contributed by atoms with E-state index in [4.69, 9.17) is 5.11 Å². The van der Waals surface area contributed by atoms with Gasteiger partial charge in [-0.15, -0.1) is 0 Å². The first-order chi connectivity index (χ1) is 7.15. The fraction of sp³-hybridized carbons (Fsp3) is 0.778. The van der Waals surface area contributed by atoms with Gasteiger partial charge in [0.15, 0.2) is 0 Å². The van der Waals surface area contributed by atoms with Crippen LogP contribution in [0.2, 0.25) is 0 Å². The number of nitrogens with one attached hydrogen (secondary N) is 1. The Balaban J connectivity index is 0. The third-order valence-corrected chi connectivity index (χ3v) is 2.05. The predicted molar refractivity (Wildman–Crippen MR) is 59.1 cm³/mol. The lowest BCUT2D eigenvalue weighted by atomic mass is 10.3. The summed E-state index contributed by atoms with van der Waals surface area (Å²) in [6.07, 6.45) is -0.920. The molecular formula is C9H21N3O3. The molecule has 0 atom stereocenters. The van der Waals surface area contributed by atoms with Gasteiger partial charge < -0.3 is 20.2 Å². The summed E-state index contributed by atoms with van der Waals surface area (Å²) < 4.78 is 0. The van der Waals surface area contributed by atoms with Crippen LogP contribution in [0.1, 0.15) is 15.3 Å². The molecule has 1 aliphatic heterocycles. The maximum absolute atomic E-state index is 11.1. The SMILES string of the molecule is CC.CNC(=O)N1CCN(C(=O)O)CC1.[HH]. The summed E-state index contributed by atoms with van der Waals surface area (Å²) in [5, 5.41) is 11.1. The molecule has 0 bridgehead atoms. The second-order valence-corrected chi connectivity index (χ2v) is 2.81. The van der Waals surface area contributed by atoms with Gasteiger partial charge in [0.05, 0.1) is 0 Å². The Morgan fingerprint density at radius 1 is 1.13 bits per heavy atom. The van der Waals surface area contributed by atoms with E-state index in [0.29, 0.717) is 26.2 Å². The monoisotopic (exact) mass is 219 g/mol. The normalized spacial score (nSPS) is 15.1. The smallest absolute Gasteiger partial charge is 0.407 e. The zero-order valence-corrected chi connectivity index (χ0v) is 9.49. The number of amides is 3. The largest absolute Gasteiger partial charge is 0.465 e. The van der Waals surface area contributed by atoms with Crippen molar-refractivity contribution in [1.82, 2.24) is 15.1 Å². The van der Waals surface area contributed by atoms with Crippen LogP contribution in [0.5, 0.6) is 0 Å². The van der Waals surface area contributed by atoms with Crippen molar-refractivity contribution in [2.24, 2.45) is 0 Å². The van der Waals surface area contributed by atoms with E-state index in [0.717, 1.165) is 0 Å². The summed E-state index contributed by atoms with van der Waals surface area (Å²) in [5.74, 6) is 0. The van der Waals surface area contributed by atoms with Crippen molar-refractivity contribution in [2.45, 2.75) is 13.8 Å². The Hall–Kier alpha value is -1.46. The molecule has 0 aromatic rings. The second-order valence-electron chi connectivity index (χ2n) is 2.81. The van der Waals surface area contributed by atoms with E-state index in [-0.39, 0.29) is 7.46 Å². The lowest BCUT2D eigenvalue weighted by Gasteiger charge is -2.32. The zero-order valence-electron chi connectivity index (χ0n) is 9.49. The van der Waals surface area contributed by atoms with E-state index in [1.54, 1.807) is 11.9 Å². The molecule has 1 rings (SSSR count). The summed E-state index contributed by atoms with van der Waals surface area (Å²) in [6.45, 7) is 5.71. The van der Waals surface area contributed by atoms with Gasteiger partial charge in [0.25, 0.3) is 0 Å². The number of hydrogen-bond acceptors (Lipinski definition) is 2. The highest BCUT2D eigenvalue weighted by Crippen LogP contribution is 2.01. The Bertz CT molecular complexity index is 218. The summed E-state index contributed by atoms with van der Waals surface area (Å²) in [7, 11) is 1.56. The van der Waals surface area contributed by atoms with Gasteiger partial charge in [-0.05, 0) is 0 Å². The van der Waals surface area contributed by atoms with Crippen molar-refractivity contribution in [1.29, 1.82) is 0 Å². The van der Waals surface area contributed by atoms with Crippen LogP contribution >= 0.6 is 0 Å². The molecule has 0 aliphatic carbocycles. The van der Waals surface area contributed by atoms with E-state index < -0.39 is 6.09 Å². The van der Waals surface area contributed by atoms with Crippen LogP contribution in [0, 0.1) is 0 Å². The van der Waals surface area contributed by atoms with E-state index in [9.17, 15) is 9.59 Å². The number of hydrogen-bond donors (Lipinski definition) is 2. The van der Waals surface area contributed by atoms with Crippen molar-refractivity contribution in [3.05, 3.63) is 0 Å². The average Bonchev–Trinajstić information content (AvgIpc) is 2.31. The number of urea groups is 1. The van der Waals surface area contributed by atoms with E-state index in [1.807, 2.05) is 13.8 Å². The van der Waals surface area contributed by atoms with Crippen LogP contribution in [0.4, 0.5) is 9.59 Å². The summed E-state index contributed by atoms with van der Waals surface area (Å²) >= 11 is 0. The number of piperazine rings is 1. The van der Waals surface area contributed by atoms with Crippen molar-refractivity contribution in [3.8, 4) is 0 Å². The van der Waals surface area contributed by atoms with Gasteiger partial charge in [0, 0.05) is 34.7 Å². The number of carboxylic acid groups (broad SMARTS) is 1. The predicted octanol–water partition coefficient (Wildman–Crippen LogP) is 0.894. The van der Waals surface area contributed by atoms with Crippen molar-refractivity contribution in [2.75, 3.05) is 33.2 Å². The molecule has 15 heavy (non-hydrogen) atoms. The van der Waals surface area contributed by atoms with Crippen LogP contribution in [0.15, 0.2) is 0 Å². The lowest BCUT2D eigenvalue weighted by Crippen LogP contribution is -2.52. The van der Waals surface area contributed by atoms with Crippen molar-refractivity contribution in [3.63, 3.8) is 0 Å². The molecule has 1 heterocycles. The van der Waals surface area contributed by atoms with E-state index in [2.05, 4.69) is 5.32 Å². The summed E-state index contributed by atoms with van der Waals surface area (Å²) in [5.41, 5.74) is 0. The van der Waals surface area contributed by atoms with Gasteiger partial charge in [0.2, 0.25) is 0 Å². The molecule has 0 aromatic heterocycles. The number of carbonyl (C=O) groups is 2. The van der Waals surface area contributed by atoms with Crippen molar-refractivity contribution >= 4 is 12.1 Å². The Kier molecular flexibility index (Phi) is 6.24. The molecule has 0 aromatic carbocycles. The van der Waals surface area contributed by atoms with E-state index in [1.165, 1.54) is 4.90 Å². The third kappa shape index (κ3) is 4.05. The molecular weight excluding hydrogens is 198 g/mol. The molecule has 2 N–H and O–H groups in total. The van der Waals surface area contributed by atoms with Crippen LogP contribution in [0.25, 0.3) is 0 Å². The first-order valence-corrected chi connectivity index (χ1v) is 5.09. The minimum absolute atomic E-state index is 0. The molecule has 6 heteroatoms. The lowest BCUT2D eigenvalue weighted by molar-refractivity contribution is 0.112. The van der Waals surface area contributed by atoms with Gasteiger partial charge in [-0.25, -0.2) is 9.59 Å². The molecule has 3 amide bonds. The molecule has 1 saturated heterocycles. The van der Waals surface area contributed by atoms with Crippen LogP contribution < -0.4 is 5.32 Å². The highest BCUT2D eigenvalue weighted by Gasteiger charge is 2.22. The minimum atomic E-state index is -0.920. The first kappa shape index (κ1) is 13.5. The van der Waals surface area contributed by atoms with Gasteiger partial charge in [0.1, 0.15) is 0 Å². The second kappa shape index (κ2) is 6.92. The maximum Gasteiger partial charge on any atom is 0.407 e. The molecule has 0 saturated carbocycles. The molecule has 0 unspecified atom stereocenters. The van der Waals surface area contributed by atoms with Crippen LogP contribution in [-0.4, -0.2) is 60.3 Å². The topological polar surface area (TPSA) is 72.9 Å². The highest BCUT2D eigenvalue weighted by molar-refractivity contribution is 5.74. The van der Waals surface area contributed by atoms with Crippen LogP contribution in [0.3, 0.4) is 0 Å². The van der Waals surface area contributed by atoms with E-state index >= 15 is 0 Å². The summed E-state index contributed by atoms with van der Waals surface area (Å²) in [4.78, 5) is 24.5. The van der Waals surface area contributed by atoms with Gasteiger partial charge in [-0.3, -0.25) is 0 Å². The molecule has 0 spiro atoms. The van der Waals surface area contributed by atoms with Gasteiger partial charge in [-0.1, -0.05) is 13.8 Å². The van der Waals surface area contributed by atoms with Gasteiger partial charge in [-0.2, -0.15) is 0 Å². The number of nitrogens with zero attached hydrogens (tertiary/aromatic N) is 2. The molecule has 90 valence electrons. The molecule has 0 radical (unpaired) electrons. The Labute approximate surface area is 91.3 Å².